The maximum absolute atomic E-state index is 6.32. The Labute approximate surface area is 161 Å². The summed E-state index contributed by atoms with van der Waals surface area (Å²) in [6.45, 7) is 6.47. The van der Waals surface area contributed by atoms with Crippen molar-refractivity contribution in [2.24, 2.45) is 0 Å². The van der Waals surface area contributed by atoms with E-state index < -0.39 is 0 Å². The Morgan fingerprint density at radius 1 is 1.22 bits per heavy atom. The van der Waals surface area contributed by atoms with Gasteiger partial charge in [-0.05, 0) is 50.8 Å². The molecule has 1 saturated heterocycles. The fraction of sp³-hybridized carbons (Fsp3) is 0.571. The highest BCUT2D eigenvalue weighted by atomic mass is 16.5. The number of ether oxygens (including phenoxy) is 2. The number of benzene rings is 1. The quantitative estimate of drug-likeness (QED) is 0.812. The van der Waals surface area contributed by atoms with Crippen molar-refractivity contribution in [1.29, 1.82) is 0 Å². The Hall–Kier alpha value is -2.21. The highest BCUT2D eigenvalue weighted by Crippen LogP contribution is 2.35. The predicted octanol–water partition coefficient (Wildman–Crippen LogP) is 3.08. The van der Waals surface area contributed by atoms with Gasteiger partial charge in [0.15, 0.2) is 11.5 Å². The van der Waals surface area contributed by atoms with Gasteiger partial charge < -0.3 is 19.7 Å². The minimum absolute atomic E-state index is 0.329. The van der Waals surface area contributed by atoms with Crippen LogP contribution in [0.3, 0.4) is 0 Å². The number of nitrogens with one attached hydrogen (secondary N) is 1. The van der Waals surface area contributed by atoms with Gasteiger partial charge in [0.05, 0.1) is 19.3 Å². The van der Waals surface area contributed by atoms with Crippen LogP contribution in [-0.2, 0) is 6.54 Å². The van der Waals surface area contributed by atoms with Gasteiger partial charge in [0.2, 0.25) is 0 Å². The van der Waals surface area contributed by atoms with Crippen molar-refractivity contribution in [3.05, 3.63) is 36.7 Å². The number of nitrogens with zero attached hydrogens (tertiary/aromatic N) is 3. The number of piperazine rings is 1. The minimum atomic E-state index is 0.329. The molecule has 1 saturated carbocycles. The van der Waals surface area contributed by atoms with Crippen molar-refractivity contribution in [3.63, 3.8) is 0 Å². The number of hydrogen-bond donors (Lipinski definition) is 1. The van der Waals surface area contributed by atoms with Gasteiger partial charge in [-0.3, -0.25) is 4.68 Å². The Morgan fingerprint density at radius 2 is 2.11 bits per heavy atom. The smallest absolute Gasteiger partial charge is 0.163 e. The summed E-state index contributed by atoms with van der Waals surface area (Å²) in [5, 5.41) is 7.94. The average Bonchev–Trinajstić information content (AvgIpc) is 3.38. The van der Waals surface area contributed by atoms with E-state index in [2.05, 4.69) is 33.5 Å². The first-order chi connectivity index (χ1) is 13.3. The lowest BCUT2D eigenvalue weighted by atomic mass is 10.1. The van der Waals surface area contributed by atoms with E-state index in [1.54, 1.807) is 0 Å². The Bertz CT molecular complexity index is 713. The summed E-state index contributed by atoms with van der Waals surface area (Å²) >= 11 is 0. The molecule has 6 nitrogen and oxygen atoms in total. The first-order valence-electron chi connectivity index (χ1n) is 10.2. The largest absolute Gasteiger partial charge is 0.490 e. The Balaban J connectivity index is 1.47. The Morgan fingerprint density at radius 3 is 2.89 bits per heavy atom. The molecule has 1 aliphatic heterocycles. The van der Waals surface area contributed by atoms with E-state index in [-0.39, 0.29) is 0 Å². The lowest BCUT2D eigenvalue weighted by Gasteiger charge is -2.35. The summed E-state index contributed by atoms with van der Waals surface area (Å²) in [5.74, 6) is 1.75. The van der Waals surface area contributed by atoms with Crippen LogP contribution in [0.25, 0.3) is 0 Å². The van der Waals surface area contributed by atoms with E-state index in [9.17, 15) is 0 Å². The molecule has 1 unspecified atom stereocenters. The number of rotatable bonds is 7. The van der Waals surface area contributed by atoms with Gasteiger partial charge in [-0.1, -0.05) is 0 Å². The number of anilines is 1. The van der Waals surface area contributed by atoms with E-state index in [4.69, 9.17) is 9.47 Å². The van der Waals surface area contributed by atoms with E-state index in [0.29, 0.717) is 18.8 Å². The molecule has 1 aliphatic carbocycles. The summed E-state index contributed by atoms with van der Waals surface area (Å²) in [6.07, 6.45) is 9.01. The van der Waals surface area contributed by atoms with Crippen LogP contribution in [0, 0.1) is 0 Å². The topological polar surface area (TPSA) is 51.5 Å². The Kier molecular flexibility index (Phi) is 5.82. The maximum atomic E-state index is 6.32. The van der Waals surface area contributed by atoms with Crippen molar-refractivity contribution in [2.75, 3.05) is 31.1 Å². The van der Waals surface area contributed by atoms with E-state index >= 15 is 0 Å². The van der Waals surface area contributed by atoms with Crippen LogP contribution in [0.5, 0.6) is 11.5 Å². The molecule has 1 N–H and O–H groups in total. The third kappa shape index (κ3) is 4.56. The minimum Gasteiger partial charge on any atom is -0.490 e. The SMILES string of the molecule is CCOc1ccc(N2CCNC(Cn3cccn3)C2)cc1OC1CCCC1. The van der Waals surface area contributed by atoms with Crippen molar-refractivity contribution < 1.29 is 9.47 Å². The first-order valence-corrected chi connectivity index (χ1v) is 10.2. The summed E-state index contributed by atoms with van der Waals surface area (Å²) in [5.41, 5.74) is 1.21. The highest BCUT2D eigenvalue weighted by molar-refractivity contribution is 5.57. The third-order valence-electron chi connectivity index (χ3n) is 5.41. The normalized spacial score (nSPS) is 20.8. The van der Waals surface area contributed by atoms with Crippen LogP contribution < -0.4 is 19.7 Å². The summed E-state index contributed by atoms with van der Waals surface area (Å²) < 4.78 is 14.1. The zero-order chi connectivity index (χ0) is 18.5. The molecule has 6 heteroatoms. The molecular formula is C21H30N4O2. The van der Waals surface area contributed by atoms with Gasteiger partial charge in [0, 0.05) is 49.8 Å². The number of aromatic nitrogens is 2. The van der Waals surface area contributed by atoms with Gasteiger partial charge in [-0.15, -0.1) is 0 Å². The average molecular weight is 370 g/mol. The molecule has 2 aliphatic rings. The summed E-state index contributed by atoms with van der Waals surface area (Å²) in [7, 11) is 0. The zero-order valence-corrected chi connectivity index (χ0v) is 16.1. The second-order valence-corrected chi connectivity index (χ2v) is 7.41. The molecule has 27 heavy (non-hydrogen) atoms. The number of hydrogen-bond acceptors (Lipinski definition) is 5. The van der Waals surface area contributed by atoms with E-state index in [0.717, 1.165) is 50.5 Å². The van der Waals surface area contributed by atoms with Crippen LogP contribution >= 0.6 is 0 Å². The molecule has 2 fully saturated rings. The van der Waals surface area contributed by atoms with Crippen molar-refractivity contribution >= 4 is 5.69 Å². The van der Waals surface area contributed by atoms with Crippen molar-refractivity contribution in [3.8, 4) is 11.5 Å². The fourth-order valence-electron chi connectivity index (χ4n) is 4.06. The van der Waals surface area contributed by atoms with Crippen LogP contribution in [0.1, 0.15) is 32.6 Å². The van der Waals surface area contributed by atoms with Gasteiger partial charge in [-0.2, -0.15) is 5.10 Å². The first kappa shape index (κ1) is 18.2. The van der Waals surface area contributed by atoms with Crippen LogP contribution in [0.15, 0.2) is 36.7 Å². The predicted molar refractivity (Wildman–Crippen MR) is 107 cm³/mol. The maximum Gasteiger partial charge on any atom is 0.163 e. The molecule has 1 atom stereocenters. The standard InChI is InChI=1S/C21H30N4O2/c1-2-26-20-9-8-18(14-21(20)27-19-6-3-4-7-19)24-13-11-22-17(15-24)16-25-12-5-10-23-25/h5,8-10,12,14,17,19,22H,2-4,6-7,11,13,15-16H2,1H3. The molecule has 1 aromatic carbocycles. The second kappa shape index (κ2) is 8.65. The molecule has 2 heterocycles. The third-order valence-corrected chi connectivity index (χ3v) is 5.41. The summed E-state index contributed by atoms with van der Waals surface area (Å²) in [4.78, 5) is 2.43. The molecule has 0 radical (unpaired) electrons. The molecule has 0 bridgehead atoms. The fourth-order valence-corrected chi connectivity index (χ4v) is 4.06. The lowest BCUT2D eigenvalue weighted by Crippen LogP contribution is -2.52. The molecular weight excluding hydrogens is 340 g/mol. The molecule has 0 spiro atoms. The van der Waals surface area contributed by atoms with Crippen molar-refractivity contribution in [1.82, 2.24) is 15.1 Å². The second-order valence-electron chi connectivity index (χ2n) is 7.41. The van der Waals surface area contributed by atoms with Gasteiger partial charge in [0.25, 0.3) is 0 Å². The summed E-state index contributed by atoms with van der Waals surface area (Å²) in [6, 6.07) is 8.74. The lowest BCUT2D eigenvalue weighted by molar-refractivity contribution is 0.197. The van der Waals surface area contributed by atoms with Gasteiger partial charge >= 0.3 is 0 Å². The monoisotopic (exact) mass is 370 g/mol. The molecule has 0 amide bonds. The molecule has 2 aromatic rings. The van der Waals surface area contributed by atoms with Crippen LogP contribution in [-0.4, -0.2) is 48.2 Å². The van der Waals surface area contributed by atoms with Crippen molar-refractivity contribution in [2.45, 2.75) is 51.3 Å². The van der Waals surface area contributed by atoms with Crippen LogP contribution in [0.4, 0.5) is 5.69 Å². The molecule has 146 valence electrons. The van der Waals surface area contributed by atoms with Crippen LogP contribution in [0.2, 0.25) is 0 Å². The highest BCUT2D eigenvalue weighted by Gasteiger charge is 2.23. The molecule has 1 aromatic heterocycles. The van der Waals surface area contributed by atoms with E-state index in [1.807, 2.05) is 30.1 Å². The molecule has 4 rings (SSSR count). The van der Waals surface area contributed by atoms with Gasteiger partial charge in [-0.25, -0.2) is 0 Å². The van der Waals surface area contributed by atoms with E-state index in [1.165, 1.54) is 18.5 Å². The zero-order valence-electron chi connectivity index (χ0n) is 16.1. The van der Waals surface area contributed by atoms with Gasteiger partial charge in [0.1, 0.15) is 0 Å².